The maximum atomic E-state index is 13.8. The molecule has 1 amide bonds. The quantitative estimate of drug-likeness (QED) is 0.362. The van der Waals surface area contributed by atoms with Crippen LogP contribution in [0, 0.1) is 11.3 Å². The van der Waals surface area contributed by atoms with Crippen LogP contribution in [-0.2, 0) is 19.8 Å². The summed E-state index contributed by atoms with van der Waals surface area (Å²) in [5, 5.41) is 15.8. The number of likely N-dealkylation sites (N-methyl/N-ethyl adjacent to an activating group) is 1. The van der Waals surface area contributed by atoms with E-state index in [0.717, 1.165) is 23.1 Å². The first kappa shape index (κ1) is 27.3. The van der Waals surface area contributed by atoms with Gasteiger partial charge in [-0.25, -0.2) is 0 Å². The van der Waals surface area contributed by atoms with Gasteiger partial charge in [-0.05, 0) is 65.8 Å². The highest BCUT2D eigenvalue weighted by atomic mass is 35.5. The van der Waals surface area contributed by atoms with E-state index in [1.165, 1.54) is 19.3 Å². The maximum Gasteiger partial charge on any atom is 0.435 e. The zero-order chi connectivity index (χ0) is 28.1. The standard InChI is InChI=1S/C27H27Cl2F3N6O/c1-36-7-8-38(26(36)33)13-15-9-18(20-14-37(2)35-24(20)27(30,31)32)11-19(10-15)25(39)34-23(16-3-4-16)17-5-6-21(28)22(29)12-17/h5-6,9-12,14,16,23,33H,3-4,7-8,13H2,1-2H3,(H,34,39). The van der Waals surface area contributed by atoms with Gasteiger partial charge >= 0.3 is 6.18 Å². The van der Waals surface area contributed by atoms with Crippen molar-refractivity contribution in [2.75, 3.05) is 20.1 Å². The number of nitrogens with zero attached hydrogens (tertiary/aromatic N) is 4. The molecule has 1 unspecified atom stereocenters. The Bertz CT molecular complexity index is 1440. The molecule has 0 radical (unpaired) electrons. The Hall–Kier alpha value is -3.24. The molecule has 1 atom stereocenters. The number of aryl methyl sites for hydroxylation is 1. The van der Waals surface area contributed by atoms with Crippen molar-refractivity contribution in [2.45, 2.75) is 31.6 Å². The van der Waals surface area contributed by atoms with Crippen molar-refractivity contribution in [3.05, 3.63) is 75.0 Å². The van der Waals surface area contributed by atoms with E-state index in [9.17, 15) is 18.0 Å². The Morgan fingerprint density at radius 2 is 1.87 bits per heavy atom. The van der Waals surface area contributed by atoms with Gasteiger partial charge in [0.1, 0.15) is 0 Å². The third-order valence-electron chi connectivity index (χ3n) is 7.09. The smallest absolute Gasteiger partial charge is 0.345 e. The first-order valence-electron chi connectivity index (χ1n) is 12.5. The highest BCUT2D eigenvalue weighted by molar-refractivity contribution is 6.42. The van der Waals surface area contributed by atoms with E-state index < -0.39 is 17.8 Å². The Kier molecular flexibility index (Phi) is 7.28. The van der Waals surface area contributed by atoms with E-state index in [-0.39, 0.29) is 35.2 Å². The van der Waals surface area contributed by atoms with Gasteiger partial charge in [-0.3, -0.25) is 14.9 Å². The minimum Gasteiger partial charge on any atom is -0.345 e. The molecule has 3 aromatic rings. The van der Waals surface area contributed by atoms with Crippen LogP contribution in [0.3, 0.4) is 0 Å². The number of amides is 1. The SMILES string of the molecule is CN1CCN(Cc2cc(C(=O)NC(c3ccc(Cl)c(Cl)c3)C3CC3)cc(-c3cn(C)nc3C(F)(F)F)c2)C1=N. The molecule has 1 aliphatic carbocycles. The van der Waals surface area contributed by atoms with Crippen molar-refractivity contribution < 1.29 is 18.0 Å². The molecule has 2 N–H and O–H groups in total. The summed E-state index contributed by atoms with van der Waals surface area (Å²) in [5.74, 6) is 0.133. The normalized spacial score (nSPS) is 16.6. The fourth-order valence-electron chi connectivity index (χ4n) is 4.91. The summed E-state index contributed by atoms with van der Waals surface area (Å²) in [6.45, 7) is 1.54. The molecule has 5 rings (SSSR count). The van der Waals surface area contributed by atoms with Gasteiger partial charge in [0, 0.05) is 51.1 Å². The summed E-state index contributed by atoms with van der Waals surface area (Å²) in [6.07, 6.45) is -1.49. The van der Waals surface area contributed by atoms with Crippen LogP contribution in [0.5, 0.6) is 0 Å². The Balaban J connectivity index is 1.52. The molecule has 0 spiro atoms. The van der Waals surface area contributed by atoms with Crippen LogP contribution in [0.15, 0.2) is 42.6 Å². The molecule has 2 heterocycles. The van der Waals surface area contributed by atoms with Crippen LogP contribution in [0.25, 0.3) is 11.1 Å². The number of hydrogen-bond acceptors (Lipinski definition) is 3. The van der Waals surface area contributed by atoms with E-state index in [4.69, 9.17) is 28.6 Å². The summed E-state index contributed by atoms with van der Waals surface area (Å²) >= 11 is 12.3. The topological polar surface area (TPSA) is 77.2 Å². The number of rotatable bonds is 7. The largest absolute Gasteiger partial charge is 0.435 e. The number of guanidine groups is 1. The van der Waals surface area contributed by atoms with Crippen LogP contribution >= 0.6 is 23.2 Å². The summed E-state index contributed by atoms with van der Waals surface area (Å²) in [5.41, 5.74) is 0.759. The monoisotopic (exact) mass is 578 g/mol. The Morgan fingerprint density at radius 1 is 1.13 bits per heavy atom. The Morgan fingerprint density at radius 3 is 2.49 bits per heavy atom. The van der Waals surface area contributed by atoms with Gasteiger partial charge in [-0.15, -0.1) is 0 Å². The number of carbonyl (C=O) groups is 1. The molecule has 39 heavy (non-hydrogen) atoms. The lowest BCUT2D eigenvalue weighted by atomic mass is 9.98. The van der Waals surface area contributed by atoms with Crippen LogP contribution in [0.2, 0.25) is 10.0 Å². The first-order valence-corrected chi connectivity index (χ1v) is 13.2. The molecule has 12 heteroatoms. The fourth-order valence-corrected chi connectivity index (χ4v) is 5.22. The molecule has 2 fully saturated rings. The molecule has 1 saturated heterocycles. The molecule has 1 aliphatic heterocycles. The molecule has 7 nitrogen and oxygen atoms in total. The third kappa shape index (κ3) is 5.86. The van der Waals surface area contributed by atoms with Crippen LogP contribution in [0.4, 0.5) is 13.2 Å². The van der Waals surface area contributed by atoms with Gasteiger partial charge in [-0.1, -0.05) is 29.3 Å². The highest BCUT2D eigenvalue weighted by Gasteiger charge is 2.38. The fraction of sp³-hybridized carbons (Fsp3) is 0.370. The second kappa shape index (κ2) is 10.4. The van der Waals surface area contributed by atoms with Gasteiger partial charge in [0.05, 0.1) is 16.1 Å². The molecule has 206 valence electrons. The molecule has 1 saturated carbocycles. The van der Waals surface area contributed by atoms with Gasteiger partial charge in [0.25, 0.3) is 5.91 Å². The summed E-state index contributed by atoms with van der Waals surface area (Å²) < 4.78 is 42.6. The van der Waals surface area contributed by atoms with Crippen molar-refractivity contribution in [1.82, 2.24) is 24.9 Å². The van der Waals surface area contributed by atoms with E-state index in [1.807, 2.05) is 18.0 Å². The van der Waals surface area contributed by atoms with E-state index in [0.29, 0.717) is 34.7 Å². The number of benzene rings is 2. The lowest BCUT2D eigenvalue weighted by Gasteiger charge is -2.22. The highest BCUT2D eigenvalue weighted by Crippen LogP contribution is 2.42. The second-order valence-electron chi connectivity index (χ2n) is 10.1. The number of nitrogens with one attached hydrogen (secondary N) is 2. The van der Waals surface area contributed by atoms with Crippen LogP contribution in [-0.4, -0.2) is 51.6 Å². The van der Waals surface area contributed by atoms with Crippen molar-refractivity contribution in [3.63, 3.8) is 0 Å². The van der Waals surface area contributed by atoms with E-state index in [1.54, 1.807) is 29.2 Å². The van der Waals surface area contributed by atoms with E-state index in [2.05, 4.69) is 10.4 Å². The molecule has 1 aromatic heterocycles. The summed E-state index contributed by atoms with van der Waals surface area (Å²) in [6, 6.07) is 9.69. The van der Waals surface area contributed by atoms with Crippen molar-refractivity contribution in [2.24, 2.45) is 13.0 Å². The van der Waals surface area contributed by atoms with Crippen LogP contribution < -0.4 is 5.32 Å². The number of hydrogen-bond donors (Lipinski definition) is 2. The molecule has 2 aliphatic rings. The second-order valence-corrected chi connectivity index (χ2v) is 10.9. The number of aromatic nitrogens is 2. The zero-order valence-corrected chi connectivity index (χ0v) is 22.8. The lowest BCUT2D eigenvalue weighted by molar-refractivity contribution is -0.140. The number of carbonyl (C=O) groups excluding carboxylic acids is 1. The van der Waals surface area contributed by atoms with Crippen molar-refractivity contribution in [3.8, 4) is 11.1 Å². The van der Waals surface area contributed by atoms with Gasteiger partial charge < -0.3 is 15.1 Å². The third-order valence-corrected chi connectivity index (χ3v) is 7.82. The lowest BCUT2D eigenvalue weighted by Crippen LogP contribution is -2.31. The van der Waals surface area contributed by atoms with Crippen LogP contribution in [0.1, 0.15) is 46.1 Å². The minimum absolute atomic E-state index is 0.113. The molecular formula is C27H27Cl2F3N6O. The van der Waals surface area contributed by atoms with E-state index >= 15 is 0 Å². The summed E-state index contributed by atoms with van der Waals surface area (Å²) in [4.78, 5) is 17.2. The average Bonchev–Trinajstić information content (AvgIpc) is 3.57. The van der Waals surface area contributed by atoms with Gasteiger partial charge in [-0.2, -0.15) is 18.3 Å². The zero-order valence-electron chi connectivity index (χ0n) is 21.3. The number of alkyl halides is 3. The van der Waals surface area contributed by atoms with Crippen molar-refractivity contribution >= 4 is 35.1 Å². The van der Waals surface area contributed by atoms with Gasteiger partial charge in [0.2, 0.25) is 0 Å². The number of halogens is 5. The maximum absolute atomic E-state index is 13.8. The summed E-state index contributed by atoms with van der Waals surface area (Å²) in [7, 11) is 3.24. The molecule has 2 aromatic carbocycles. The minimum atomic E-state index is -4.67. The molecular weight excluding hydrogens is 552 g/mol. The molecule has 0 bridgehead atoms. The predicted molar refractivity (Wildman–Crippen MR) is 144 cm³/mol. The average molecular weight is 579 g/mol. The Labute approximate surface area is 234 Å². The van der Waals surface area contributed by atoms with Crippen molar-refractivity contribution in [1.29, 1.82) is 5.41 Å². The first-order chi connectivity index (χ1) is 18.4. The van der Waals surface area contributed by atoms with Gasteiger partial charge in [0.15, 0.2) is 11.7 Å². The predicted octanol–water partition coefficient (Wildman–Crippen LogP) is 5.98.